The van der Waals surface area contributed by atoms with Crippen molar-refractivity contribution in [1.29, 1.82) is 0 Å². The molecular weight excluding hydrogens is 264 g/mol. The minimum absolute atomic E-state index is 0.106. The lowest BCUT2D eigenvalue weighted by molar-refractivity contribution is -0.147. The normalized spacial score (nSPS) is 13.6. The van der Waals surface area contributed by atoms with E-state index in [4.69, 9.17) is 14.6 Å². The van der Waals surface area contributed by atoms with Crippen LogP contribution in [0.5, 0.6) is 0 Å². The monoisotopic (exact) mass is 290 g/mol. The summed E-state index contributed by atoms with van der Waals surface area (Å²) in [7, 11) is 1.61. The molecule has 0 aliphatic heterocycles. The number of nitrogens with one attached hydrogen (secondary N) is 2. The van der Waals surface area contributed by atoms with Gasteiger partial charge in [0.1, 0.15) is 0 Å². The molecule has 0 aromatic carbocycles. The van der Waals surface area contributed by atoms with E-state index in [1.165, 1.54) is 0 Å². The summed E-state index contributed by atoms with van der Waals surface area (Å²) >= 11 is 0. The number of rotatable bonds is 11. The Morgan fingerprint density at radius 3 is 2.45 bits per heavy atom. The van der Waals surface area contributed by atoms with Gasteiger partial charge >= 0.3 is 12.0 Å². The number of hydrogen-bond acceptors (Lipinski definition) is 4. The summed E-state index contributed by atoms with van der Waals surface area (Å²) in [6, 6.07) is -0.359. The third-order valence-corrected chi connectivity index (χ3v) is 3.12. The molecular formula is C13H26N2O5. The van der Waals surface area contributed by atoms with Crippen LogP contribution in [0.15, 0.2) is 0 Å². The first-order valence-electron chi connectivity index (χ1n) is 6.78. The molecule has 0 aromatic heterocycles. The number of carboxylic acids is 1. The fourth-order valence-corrected chi connectivity index (χ4v) is 1.31. The zero-order valence-corrected chi connectivity index (χ0v) is 12.5. The summed E-state index contributed by atoms with van der Waals surface area (Å²) < 4.78 is 10.1. The second kappa shape index (κ2) is 10.4. The van der Waals surface area contributed by atoms with E-state index in [2.05, 4.69) is 10.6 Å². The Balaban J connectivity index is 3.66. The Morgan fingerprint density at radius 2 is 1.90 bits per heavy atom. The second-order valence-electron chi connectivity index (χ2n) is 4.79. The Morgan fingerprint density at radius 1 is 1.20 bits per heavy atom. The second-order valence-corrected chi connectivity index (χ2v) is 4.79. The van der Waals surface area contributed by atoms with Crippen LogP contribution in [0.3, 0.4) is 0 Å². The number of aliphatic carboxylic acids is 1. The Kier molecular flexibility index (Phi) is 9.75. The van der Waals surface area contributed by atoms with Crippen LogP contribution in [0.1, 0.15) is 26.7 Å². The molecule has 118 valence electrons. The molecule has 0 bridgehead atoms. The molecule has 0 fully saturated rings. The zero-order valence-electron chi connectivity index (χ0n) is 12.5. The van der Waals surface area contributed by atoms with Crippen LogP contribution in [-0.4, -0.2) is 57.1 Å². The minimum atomic E-state index is -0.930. The van der Waals surface area contributed by atoms with E-state index in [1.807, 2.05) is 0 Å². The first-order valence-corrected chi connectivity index (χ1v) is 6.78. The van der Waals surface area contributed by atoms with Gasteiger partial charge in [-0.15, -0.1) is 0 Å². The van der Waals surface area contributed by atoms with Gasteiger partial charge < -0.3 is 25.2 Å². The molecule has 2 amide bonds. The molecule has 7 heteroatoms. The summed E-state index contributed by atoms with van der Waals surface area (Å²) in [6.45, 7) is 5.62. The maximum Gasteiger partial charge on any atom is 0.314 e. The SMILES string of the molecule is CCC(C)(CNC(=O)NCCCOCCOC)C(=O)O. The Bertz CT molecular complexity index is 298. The third-order valence-electron chi connectivity index (χ3n) is 3.12. The highest BCUT2D eigenvalue weighted by molar-refractivity contribution is 5.77. The highest BCUT2D eigenvalue weighted by Crippen LogP contribution is 2.19. The van der Waals surface area contributed by atoms with E-state index in [0.717, 1.165) is 0 Å². The average molecular weight is 290 g/mol. The van der Waals surface area contributed by atoms with Crippen molar-refractivity contribution in [2.75, 3.05) is 40.0 Å². The summed E-state index contributed by atoms with van der Waals surface area (Å²) in [4.78, 5) is 22.5. The van der Waals surface area contributed by atoms with Crippen molar-refractivity contribution in [3.05, 3.63) is 0 Å². The zero-order chi connectivity index (χ0) is 15.4. The predicted molar refractivity (Wildman–Crippen MR) is 74.7 cm³/mol. The van der Waals surface area contributed by atoms with Crippen molar-refractivity contribution >= 4 is 12.0 Å². The van der Waals surface area contributed by atoms with Gasteiger partial charge in [0.05, 0.1) is 18.6 Å². The van der Waals surface area contributed by atoms with E-state index in [1.54, 1.807) is 21.0 Å². The van der Waals surface area contributed by atoms with Crippen LogP contribution in [0, 0.1) is 5.41 Å². The number of hydrogen-bond donors (Lipinski definition) is 3. The Hall–Kier alpha value is -1.34. The lowest BCUT2D eigenvalue weighted by atomic mass is 9.88. The molecule has 7 nitrogen and oxygen atoms in total. The molecule has 0 saturated carbocycles. The standard InChI is InChI=1S/C13H26N2O5/c1-4-13(2,11(16)17)10-15-12(18)14-6-5-7-20-9-8-19-3/h4-10H2,1-3H3,(H,16,17)(H2,14,15,18). The molecule has 0 heterocycles. The van der Waals surface area contributed by atoms with Crippen LogP contribution >= 0.6 is 0 Å². The molecule has 3 N–H and O–H groups in total. The van der Waals surface area contributed by atoms with Crippen molar-refractivity contribution in [2.45, 2.75) is 26.7 Å². The summed E-state index contributed by atoms with van der Waals surface area (Å²) in [6.07, 6.45) is 1.15. The summed E-state index contributed by atoms with van der Waals surface area (Å²) in [5.74, 6) is -0.910. The van der Waals surface area contributed by atoms with E-state index >= 15 is 0 Å². The fraction of sp³-hybridized carbons (Fsp3) is 0.846. The minimum Gasteiger partial charge on any atom is -0.481 e. The van der Waals surface area contributed by atoms with E-state index in [9.17, 15) is 9.59 Å². The lowest BCUT2D eigenvalue weighted by Crippen LogP contribution is -2.44. The molecule has 1 unspecified atom stereocenters. The molecule has 0 aliphatic rings. The first kappa shape index (κ1) is 18.7. The van der Waals surface area contributed by atoms with Crippen molar-refractivity contribution < 1.29 is 24.2 Å². The molecule has 0 spiro atoms. The van der Waals surface area contributed by atoms with E-state index in [0.29, 0.717) is 39.2 Å². The molecule has 0 aliphatic carbocycles. The van der Waals surface area contributed by atoms with Crippen LogP contribution in [0.25, 0.3) is 0 Å². The maximum absolute atomic E-state index is 11.5. The predicted octanol–water partition coefficient (Wildman–Crippen LogP) is 0.840. The number of amides is 2. The summed E-state index contributed by atoms with van der Waals surface area (Å²) in [5, 5.41) is 14.3. The van der Waals surface area contributed by atoms with Gasteiger partial charge in [-0.3, -0.25) is 4.79 Å². The number of urea groups is 1. The van der Waals surface area contributed by atoms with Gasteiger partial charge in [-0.1, -0.05) is 6.92 Å². The average Bonchev–Trinajstić information content (AvgIpc) is 2.43. The number of methoxy groups -OCH3 is 1. The van der Waals surface area contributed by atoms with Crippen molar-refractivity contribution in [1.82, 2.24) is 10.6 Å². The van der Waals surface area contributed by atoms with E-state index in [-0.39, 0.29) is 12.6 Å². The van der Waals surface area contributed by atoms with Crippen molar-refractivity contribution in [3.8, 4) is 0 Å². The van der Waals surface area contributed by atoms with E-state index < -0.39 is 11.4 Å². The van der Waals surface area contributed by atoms with Crippen LogP contribution < -0.4 is 10.6 Å². The van der Waals surface area contributed by atoms with Crippen molar-refractivity contribution in [2.24, 2.45) is 5.41 Å². The third kappa shape index (κ3) is 7.96. The molecule has 20 heavy (non-hydrogen) atoms. The highest BCUT2D eigenvalue weighted by Gasteiger charge is 2.31. The highest BCUT2D eigenvalue weighted by atomic mass is 16.5. The molecule has 0 rings (SSSR count). The maximum atomic E-state index is 11.5. The van der Waals surface area contributed by atoms with Gasteiger partial charge in [0.15, 0.2) is 0 Å². The van der Waals surface area contributed by atoms with Crippen LogP contribution in [0.4, 0.5) is 4.79 Å². The lowest BCUT2D eigenvalue weighted by Gasteiger charge is -2.23. The topological polar surface area (TPSA) is 96.9 Å². The molecule has 0 saturated heterocycles. The van der Waals surface area contributed by atoms with Gasteiger partial charge in [-0.2, -0.15) is 0 Å². The van der Waals surface area contributed by atoms with Gasteiger partial charge in [0.25, 0.3) is 0 Å². The van der Waals surface area contributed by atoms with Gasteiger partial charge in [-0.05, 0) is 19.8 Å². The molecule has 0 radical (unpaired) electrons. The molecule has 0 aromatic rings. The summed E-state index contributed by atoms with van der Waals surface area (Å²) in [5.41, 5.74) is -0.930. The quantitative estimate of drug-likeness (QED) is 0.490. The van der Waals surface area contributed by atoms with Gasteiger partial charge in [0, 0.05) is 26.8 Å². The van der Waals surface area contributed by atoms with Gasteiger partial charge in [0.2, 0.25) is 0 Å². The number of carbonyl (C=O) groups excluding carboxylic acids is 1. The first-order chi connectivity index (χ1) is 9.46. The largest absolute Gasteiger partial charge is 0.481 e. The number of ether oxygens (including phenoxy) is 2. The smallest absolute Gasteiger partial charge is 0.314 e. The van der Waals surface area contributed by atoms with Crippen molar-refractivity contribution in [3.63, 3.8) is 0 Å². The fourth-order valence-electron chi connectivity index (χ4n) is 1.31. The molecule has 1 atom stereocenters. The Labute approximate surface area is 120 Å². The number of carboxylic acid groups (broad SMARTS) is 1. The van der Waals surface area contributed by atoms with Gasteiger partial charge in [-0.25, -0.2) is 4.79 Å². The van der Waals surface area contributed by atoms with Crippen LogP contribution in [0.2, 0.25) is 0 Å². The van der Waals surface area contributed by atoms with Crippen LogP contribution in [-0.2, 0) is 14.3 Å². The number of carbonyl (C=O) groups is 2.